The molecule has 5 heteroatoms. The van der Waals surface area contributed by atoms with Gasteiger partial charge in [-0.25, -0.2) is 4.68 Å². The number of aryl methyl sites for hydroxylation is 1. The third-order valence-electron chi connectivity index (χ3n) is 3.23. The van der Waals surface area contributed by atoms with Gasteiger partial charge in [-0.05, 0) is 19.1 Å². The maximum Gasteiger partial charge on any atom is 0.113 e. The molecule has 0 aliphatic carbocycles. The third kappa shape index (κ3) is 2.25. The van der Waals surface area contributed by atoms with Gasteiger partial charge in [-0.2, -0.15) is 0 Å². The number of nitrogens with zero attached hydrogens (tertiary/aromatic N) is 4. The van der Waals surface area contributed by atoms with E-state index in [9.17, 15) is 5.21 Å². The van der Waals surface area contributed by atoms with E-state index in [1.807, 2.05) is 55.5 Å². The Morgan fingerprint density at radius 2 is 1.90 bits per heavy atom. The molecule has 3 aromatic rings. The SMILES string of the molecule is Cc1ccc(C(Cn2nnc3ccccc32)=NO)cc1. The van der Waals surface area contributed by atoms with Crippen LogP contribution >= 0.6 is 0 Å². The van der Waals surface area contributed by atoms with E-state index in [1.54, 1.807) is 4.68 Å². The largest absolute Gasteiger partial charge is 0.411 e. The Bertz CT molecular complexity index is 759. The number of aromatic nitrogens is 3. The van der Waals surface area contributed by atoms with Crippen LogP contribution in [0.25, 0.3) is 11.0 Å². The summed E-state index contributed by atoms with van der Waals surface area (Å²) in [6.45, 7) is 2.39. The van der Waals surface area contributed by atoms with E-state index in [2.05, 4.69) is 15.5 Å². The molecule has 0 aliphatic rings. The molecule has 100 valence electrons. The first-order valence-electron chi connectivity index (χ1n) is 6.34. The molecule has 0 aliphatic heterocycles. The molecule has 0 bridgehead atoms. The first kappa shape index (κ1) is 12.3. The highest BCUT2D eigenvalue weighted by Crippen LogP contribution is 2.12. The molecule has 1 heterocycles. The van der Waals surface area contributed by atoms with E-state index in [0.29, 0.717) is 12.3 Å². The summed E-state index contributed by atoms with van der Waals surface area (Å²) in [4.78, 5) is 0. The number of oxime groups is 1. The summed E-state index contributed by atoms with van der Waals surface area (Å²) < 4.78 is 1.73. The normalized spacial score (nSPS) is 11.9. The second kappa shape index (κ2) is 5.13. The van der Waals surface area contributed by atoms with Crippen LogP contribution < -0.4 is 0 Å². The van der Waals surface area contributed by atoms with Crippen LogP contribution in [0.3, 0.4) is 0 Å². The van der Waals surface area contributed by atoms with Gasteiger partial charge in [0.1, 0.15) is 11.2 Å². The molecule has 0 amide bonds. The highest BCUT2D eigenvalue weighted by atomic mass is 16.4. The molecule has 0 unspecified atom stereocenters. The summed E-state index contributed by atoms with van der Waals surface area (Å²) in [7, 11) is 0. The van der Waals surface area contributed by atoms with Crippen molar-refractivity contribution in [1.29, 1.82) is 0 Å². The summed E-state index contributed by atoms with van der Waals surface area (Å²) in [6.07, 6.45) is 0. The summed E-state index contributed by atoms with van der Waals surface area (Å²) >= 11 is 0. The minimum absolute atomic E-state index is 0.375. The van der Waals surface area contributed by atoms with Gasteiger partial charge >= 0.3 is 0 Å². The molecule has 3 rings (SSSR count). The molecule has 1 aromatic heterocycles. The van der Waals surface area contributed by atoms with Crippen molar-refractivity contribution in [2.24, 2.45) is 5.16 Å². The number of fused-ring (bicyclic) bond motifs is 1. The molecule has 5 nitrogen and oxygen atoms in total. The van der Waals surface area contributed by atoms with Gasteiger partial charge in [-0.15, -0.1) is 5.10 Å². The van der Waals surface area contributed by atoms with E-state index in [4.69, 9.17) is 0 Å². The van der Waals surface area contributed by atoms with Crippen molar-refractivity contribution in [1.82, 2.24) is 15.0 Å². The molecule has 1 N–H and O–H groups in total. The summed E-state index contributed by atoms with van der Waals surface area (Å²) in [6, 6.07) is 15.5. The topological polar surface area (TPSA) is 63.3 Å². The lowest BCUT2D eigenvalue weighted by Crippen LogP contribution is -2.13. The van der Waals surface area contributed by atoms with Gasteiger partial charge in [-0.1, -0.05) is 52.3 Å². The third-order valence-corrected chi connectivity index (χ3v) is 3.23. The molecule has 0 saturated heterocycles. The zero-order valence-corrected chi connectivity index (χ0v) is 11.1. The van der Waals surface area contributed by atoms with Crippen LogP contribution in [0.1, 0.15) is 11.1 Å². The Labute approximate surface area is 116 Å². The number of hydrogen-bond donors (Lipinski definition) is 1. The van der Waals surface area contributed by atoms with Crippen molar-refractivity contribution in [3.63, 3.8) is 0 Å². The Morgan fingerprint density at radius 1 is 1.15 bits per heavy atom. The van der Waals surface area contributed by atoms with Crippen molar-refractivity contribution in [2.45, 2.75) is 13.5 Å². The van der Waals surface area contributed by atoms with Gasteiger partial charge in [0, 0.05) is 5.56 Å². The van der Waals surface area contributed by atoms with Crippen LogP contribution in [0.4, 0.5) is 0 Å². The summed E-state index contributed by atoms with van der Waals surface area (Å²) in [5, 5.41) is 20.8. The van der Waals surface area contributed by atoms with Gasteiger partial charge in [-0.3, -0.25) is 0 Å². The van der Waals surface area contributed by atoms with E-state index in [-0.39, 0.29) is 0 Å². The van der Waals surface area contributed by atoms with Crippen molar-refractivity contribution < 1.29 is 5.21 Å². The fourth-order valence-corrected chi connectivity index (χ4v) is 2.10. The molecule has 0 radical (unpaired) electrons. The monoisotopic (exact) mass is 266 g/mol. The van der Waals surface area contributed by atoms with Gasteiger partial charge < -0.3 is 5.21 Å². The second-order valence-corrected chi connectivity index (χ2v) is 4.65. The number of hydrogen-bond acceptors (Lipinski definition) is 4. The zero-order valence-electron chi connectivity index (χ0n) is 11.1. The van der Waals surface area contributed by atoms with E-state index in [0.717, 1.165) is 22.2 Å². The summed E-state index contributed by atoms with van der Waals surface area (Å²) in [5.74, 6) is 0. The van der Waals surface area contributed by atoms with Crippen molar-refractivity contribution in [3.05, 3.63) is 59.7 Å². The summed E-state index contributed by atoms with van der Waals surface area (Å²) in [5.41, 5.74) is 4.34. The fourth-order valence-electron chi connectivity index (χ4n) is 2.10. The van der Waals surface area contributed by atoms with Gasteiger partial charge in [0.05, 0.1) is 12.1 Å². The van der Waals surface area contributed by atoms with Gasteiger partial charge in [0.15, 0.2) is 0 Å². The zero-order chi connectivity index (χ0) is 13.9. The predicted octanol–water partition coefficient (Wildman–Crippen LogP) is 2.62. The molecule has 0 fully saturated rings. The van der Waals surface area contributed by atoms with Crippen LogP contribution in [0.2, 0.25) is 0 Å². The van der Waals surface area contributed by atoms with E-state index >= 15 is 0 Å². The average Bonchev–Trinajstić information content (AvgIpc) is 2.89. The first-order valence-corrected chi connectivity index (χ1v) is 6.34. The standard InChI is InChI=1S/C15H14N4O/c1-11-6-8-12(9-7-11)14(17-20)10-19-15-5-3-2-4-13(15)16-18-19/h2-9,20H,10H2,1H3. The molecule has 0 saturated carbocycles. The number of para-hydroxylation sites is 1. The molecular weight excluding hydrogens is 252 g/mol. The minimum atomic E-state index is 0.375. The lowest BCUT2D eigenvalue weighted by atomic mass is 10.1. The second-order valence-electron chi connectivity index (χ2n) is 4.65. The van der Waals surface area contributed by atoms with E-state index in [1.165, 1.54) is 0 Å². The number of rotatable bonds is 3. The van der Waals surface area contributed by atoms with Crippen LogP contribution in [-0.4, -0.2) is 25.9 Å². The highest BCUT2D eigenvalue weighted by Gasteiger charge is 2.09. The maximum atomic E-state index is 9.25. The van der Waals surface area contributed by atoms with Crippen LogP contribution in [0.5, 0.6) is 0 Å². The van der Waals surface area contributed by atoms with Crippen LogP contribution in [0, 0.1) is 6.92 Å². The number of benzene rings is 2. The van der Waals surface area contributed by atoms with E-state index < -0.39 is 0 Å². The van der Waals surface area contributed by atoms with Crippen molar-refractivity contribution in [2.75, 3.05) is 0 Å². The quantitative estimate of drug-likeness (QED) is 0.450. The molecule has 0 atom stereocenters. The van der Waals surface area contributed by atoms with Gasteiger partial charge in [0.25, 0.3) is 0 Å². The Kier molecular flexibility index (Phi) is 3.16. The van der Waals surface area contributed by atoms with Crippen LogP contribution in [0.15, 0.2) is 53.7 Å². The maximum absolute atomic E-state index is 9.25. The molecule has 2 aromatic carbocycles. The molecular formula is C15H14N4O. The van der Waals surface area contributed by atoms with Crippen molar-refractivity contribution >= 4 is 16.7 Å². The minimum Gasteiger partial charge on any atom is -0.411 e. The Hall–Kier alpha value is -2.69. The highest BCUT2D eigenvalue weighted by molar-refractivity contribution is 6.00. The average molecular weight is 266 g/mol. The smallest absolute Gasteiger partial charge is 0.113 e. The van der Waals surface area contributed by atoms with Crippen LogP contribution in [-0.2, 0) is 6.54 Å². The molecule has 0 spiro atoms. The Balaban J connectivity index is 1.94. The lowest BCUT2D eigenvalue weighted by molar-refractivity contribution is 0.317. The lowest BCUT2D eigenvalue weighted by Gasteiger charge is -2.06. The predicted molar refractivity (Wildman–Crippen MR) is 77.0 cm³/mol. The molecule has 20 heavy (non-hydrogen) atoms. The first-order chi connectivity index (χ1) is 9.78. The fraction of sp³-hybridized carbons (Fsp3) is 0.133. The Morgan fingerprint density at radius 3 is 2.65 bits per heavy atom. The van der Waals surface area contributed by atoms with Crippen molar-refractivity contribution in [3.8, 4) is 0 Å². The van der Waals surface area contributed by atoms with Gasteiger partial charge in [0.2, 0.25) is 0 Å².